The van der Waals surface area contributed by atoms with Crippen LogP contribution < -0.4 is 10.6 Å². The lowest BCUT2D eigenvalue weighted by Gasteiger charge is -2.44. The number of aromatic nitrogens is 1. The molecule has 3 atom stereocenters. The van der Waals surface area contributed by atoms with E-state index in [9.17, 15) is 27.6 Å². The molecule has 2 aromatic carbocycles. The number of carbonyl (C=O) groups excluding carboxylic acids is 3. The Bertz CT molecular complexity index is 1590. The Kier molecular flexibility index (Phi) is 7.59. The minimum Gasteiger partial charge on any atom is -0.468 e. The fraction of sp³-hybridized carbons (Fsp3) is 0.226. The molecule has 0 saturated heterocycles. The van der Waals surface area contributed by atoms with E-state index < -0.39 is 47.2 Å². The van der Waals surface area contributed by atoms with Crippen LogP contribution in [-0.2, 0) is 30.0 Å². The van der Waals surface area contributed by atoms with Crippen molar-refractivity contribution in [2.75, 3.05) is 19.1 Å². The second kappa shape index (κ2) is 11.2. The van der Waals surface area contributed by atoms with Gasteiger partial charge in [-0.1, -0.05) is 36.4 Å². The normalized spacial score (nSPS) is 20.7. The number of nitrogens with zero attached hydrogens (tertiary/aromatic N) is 2. The third kappa shape index (κ3) is 4.91. The molecule has 0 fully saturated rings. The van der Waals surface area contributed by atoms with Crippen LogP contribution in [0.1, 0.15) is 34.9 Å². The Balaban J connectivity index is 1.80. The first-order chi connectivity index (χ1) is 20.1. The number of ether oxygens (including phenoxy) is 2. The molecule has 1 aliphatic carbocycles. The van der Waals surface area contributed by atoms with Gasteiger partial charge in [-0.2, -0.15) is 13.2 Å². The number of nitrogens with two attached hydrogens (primary N) is 1. The van der Waals surface area contributed by atoms with Crippen molar-refractivity contribution in [3.63, 3.8) is 0 Å². The number of halogens is 3. The number of methoxy groups -OCH3 is 2. The third-order valence-corrected chi connectivity index (χ3v) is 7.60. The standard InChI is InChI=1S/C31H26F3N3O5/c1-41-29(39)24-21(17-7-4-3-5-8-17)15-22-25(27(24)38)23(18-9-6-14-36-16-18)26(30(40)42-2)28(35)37(22)20-12-10-19(11-13-20)31(32,33)34/h3-14,16,21,23-24H,15,35H2,1-2H3/t21-,23+,24+/m0/s1. The van der Waals surface area contributed by atoms with Crippen LogP contribution in [0, 0.1) is 5.92 Å². The first kappa shape index (κ1) is 28.6. The second-order valence-corrected chi connectivity index (χ2v) is 9.84. The van der Waals surface area contributed by atoms with Gasteiger partial charge in [-0.3, -0.25) is 19.5 Å². The highest BCUT2D eigenvalue weighted by molar-refractivity contribution is 6.14. The molecule has 0 bridgehead atoms. The lowest BCUT2D eigenvalue weighted by atomic mass is 9.67. The molecule has 11 heteroatoms. The smallest absolute Gasteiger partial charge is 0.416 e. The Morgan fingerprint density at radius 3 is 2.19 bits per heavy atom. The van der Waals surface area contributed by atoms with Gasteiger partial charge in [0.2, 0.25) is 0 Å². The summed E-state index contributed by atoms with van der Waals surface area (Å²) in [5.41, 5.74) is 7.41. The van der Waals surface area contributed by atoms with E-state index in [-0.39, 0.29) is 29.1 Å². The molecule has 8 nitrogen and oxygen atoms in total. The molecule has 0 amide bonds. The summed E-state index contributed by atoms with van der Waals surface area (Å²) in [5.74, 6) is -5.34. The zero-order chi connectivity index (χ0) is 30.2. The van der Waals surface area contributed by atoms with Crippen LogP contribution in [0.25, 0.3) is 0 Å². The van der Waals surface area contributed by atoms with E-state index in [0.29, 0.717) is 16.8 Å². The van der Waals surface area contributed by atoms with Gasteiger partial charge in [0.15, 0.2) is 5.78 Å². The molecule has 5 rings (SSSR count). The second-order valence-electron chi connectivity index (χ2n) is 9.84. The average molecular weight is 578 g/mol. The zero-order valence-electron chi connectivity index (χ0n) is 22.6. The fourth-order valence-corrected chi connectivity index (χ4v) is 5.72. The number of carbonyl (C=O) groups is 3. The lowest BCUT2D eigenvalue weighted by Crippen LogP contribution is -2.46. The van der Waals surface area contributed by atoms with Gasteiger partial charge < -0.3 is 15.2 Å². The van der Waals surface area contributed by atoms with Crippen molar-refractivity contribution in [2.45, 2.75) is 24.4 Å². The van der Waals surface area contributed by atoms with Gasteiger partial charge in [0.05, 0.1) is 31.3 Å². The van der Waals surface area contributed by atoms with Crippen LogP contribution >= 0.6 is 0 Å². The summed E-state index contributed by atoms with van der Waals surface area (Å²) in [4.78, 5) is 46.5. The molecular weight excluding hydrogens is 551 g/mol. The molecule has 0 saturated carbocycles. The molecule has 0 spiro atoms. The van der Waals surface area contributed by atoms with Gasteiger partial charge in [0, 0.05) is 35.3 Å². The Hall–Kier alpha value is -4.93. The predicted molar refractivity (Wildman–Crippen MR) is 145 cm³/mol. The highest BCUT2D eigenvalue weighted by Gasteiger charge is 2.51. The SMILES string of the molecule is COC(=O)C1=C(N)N(c2ccc(C(F)(F)F)cc2)C2=C(C(=O)[C@H](C(=O)OC)[C@H](c3ccccc3)C2)[C@H]1c1cccnc1. The van der Waals surface area contributed by atoms with E-state index in [4.69, 9.17) is 15.2 Å². The summed E-state index contributed by atoms with van der Waals surface area (Å²) >= 11 is 0. The number of allylic oxidation sites excluding steroid dienone is 2. The van der Waals surface area contributed by atoms with Crippen molar-refractivity contribution in [1.29, 1.82) is 0 Å². The highest BCUT2D eigenvalue weighted by Crippen LogP contribution is 2.51. The van der Waals surface area contributed by atoms with Crippen LogP contribution in [0.5, 0.6) is 0 Å². The van der Waals surface area contributed by atoms with E-state index in [1.165, 1.54) is 36.5 Å². The van der Waals surface area contributed by atoms with Gasteiger partial charge in [-0.25, -0.2) is 4.79 Å². The summed E-state index contributed by atoms with van der Waals surface area (Å²) in [7, 11) is 2.34. The largest absolute Gasteiger partial charge is 0.468 e. The number of hydrogen-bond acceptors (Lipinski definition) is 8. The Morgan fingerprint density at radius 2 is 1.62 bits per heavy atom. The maximum absolute atomic E-state index is 14.5. The molecule has 0 radical (unpaired) electrons. The van der Waals surface area contributed by atoms with Crippen LogP contribution in [0.2, 0.25) is 0 Å². The molecule has 2 heterocycles. The van der Waals surface area contributed by atoms with Crippen LogP contribution in [0.15, 0.2) is 102 Å². The molecule has 3 aromatic rings. The number of pyridine rings is 1. The maximum atomic E-state index is 14.5. The minimum absolute atomic E-state index is 0.0811. The molecular formula is C31H26F3N3O5. The van der Waals surface area contributed by atoms with Crippen molar-refractivity contribution in [3.8, 4) is 0 Å². The molecule has 1 aliphatic heterocycles. The lowest BCUT2D eigenvalue weighted by molar-refractivity contribution is -0.150. The van der Waals surface area contributed by atoms with Crippen molar-refractivity contribution >= 4 is 23.4 Å². The minimum atomic E-state index is -4.58. The number of hydrogen-bond donors (Lipinski definition) is 1. The van der Waals surface area contributed by atoms with Gasteiger partial charge >= 0.3 is 18.1 Å². The number of anilines is 1. The van der Waals surface area contributed by atoms with Crippen molar-refractivity contribution < 1.29 is 37.0 Å². The van der Waals surface area contributed by atoms with E-state index in [0.717, 1.165) is 19.2 Å². The number of alkyl halides is 3. The zero-order valence-corrected chi connectivity index (χ0v) is 22.6. The van der Waals surface area contributed by atoms with Gasteiger partial charge in [-0.15, -0.1) is 0 Å². The van der Waals surface area contributed by atoms with Gasteiger partial charge in [0.1, 0.15) is 11.7 Å². The number of rotatable bonds is 5. The first-order valence-corrected chi connectivity index (χ1v) is 12.9. The summed E-state index contributed by atoms with van der Waals surface area (Å²) in [6, 6.07) is 16.4. The van der Waals surface area contributed by atoms with E-state index >= 15 is 0 Å². The topological polar surface area (TPSA) is 112 Å². The van der Waals surface area contributed by atoms with Gasteiger partial charge in [0.25, 0.3) is 0 Å². The molecule has 2 N–H and O–H groups in total. The molecule has 42 heavy (non-hydrogen) atoms. The van der Waals surface area contributed by atoms with Gasteiger partial charge in [-0.05, 0) is 47.9 Å². The van der Waals surface area contributed by atoms with Crippen molar-refractivity contribution in [1.82, 2.24) is 4.98 Å². The van der Waals surface area contributed by atoms with E-state index in [1.807, 2.05) is 0 Å². The maximum Gasteiger partial charge on any atom is 0.416 e. The first-order valence-electron chi connectivity index (χ1n) is 12.9. The highest BCUT2D eigenvalue weighted by atomic mass is 19.4. The number of esters is 2. The number of benzene rings is 2. The molecule has 216 valence electrons. The van der Waals surface area contributed by atoms with Crippen LogP contribution in [0.3, 0.4) is 0 Å². The van der Waals surface area contributed by atoms with E-state index in [2.05, 4.69) is 4.98 Å². The third-order valence-electron chi connectivity index (χ3n) is 7.60. The summed E-state index contributed by atoms with van der Waals surface area (Å²) < 4.78 is 50.3. The molecule has 2 aliphatic rings. The Labute approximate surface area is 239 Å². The Morgan fingerprint density at radius 1 is 0.952 bits per heavy atom. The average Bonchev–Trinajstić information content (AvgIpc) is 3.00. The monoisotopic (exact) mass is 577 g/mol. The van der Waals surface area contributed by atoms with E-state index in [1.54, 1.807) is 42.5 Å². The van der Waals surface area contributed by atoms with Crippen molar-refractivity contribution in [2.24, 2.45) is 11.7 Å². The van der Waals surface area contributed by atoms with Crippen LogP contribution in [0.4, 0.5) is 18.9 Å². The molecule has 1 aromatic heterocycles. The fourth-order valence-electron chi connectivity index (χ4n) is 5.72. The summed E-state index contributed by atoms with van der Waals surface area (Å²) in [5, 5.41) is 0. The number of ketones is 1. The summed E-state index contributed by atoms with van der Waals surface area (Å²) in [6.45, 7) is 0. The predicted octanol–water partition coefficient (Wildman–Crippen LogP) is 4.85. The molecule has 0 unspecified atom stereocenters. The quantitative estimate of drug-likeness (QED) is 0.339. The van der Waals surface area contributed by atoms with Crippen molar-refractivity contribution in [3.05, 3.63) is 118 Å². The number of Topliss-reactive ketones (excluding diaryl/α,β-unsaturated/α-hetero) is 1. The summed E-state index contributed by atoms with van der Waals surface area (Å²) in [6.07, 6.45) is -1.51. The van der Waals surface area contributed by atoms with Crippen LogP contribution in [-0.4, -0.2) is 36.9 Å².